The zero-order valence-corrected chi connectivity index (χ0v) is 13.4. The molecular formula is C19H13F2N3O2. The van der Waals surface area contributed by atoms with E-state index in [1.54, 1.807) is 36.4 Å². The summed E-state index contributed by atoms with van der Waals surface area (Å²) in [6, 6.07) is 10.8. The highest BCUT2D eigenvalue weighted by molar-refractivity contribution is 5.99. The van der Waals surface area contributed by atoms with Crippen LogP contribution in [0.15, 0.2) is 53.7 Å². The lowest BCUT2D eigenvalue weighted by Crippen LogP contribution is -2.40. The molecule has 26 heavy (non-hydrogen) atoms. The van der Waals surface area contributed by atoms with Gasteiger partial charge in [-0.05, 0) is 34.9 Å². The molecule has 3 rings (SSSR count). The van der Waals surface area contributed by atoms with Crippen molar-refractivity contribution in [2.24, 2.45) is 0 Å². The van der Waals surface area contributed by atoms with Crippen LogP contribution in [-0.4, -0.2) is 17.7 Å². The monoisotopic (exact) mass is 353 g/mol. The van der Waals surface area contributed by atoms with Gasteiger partial charge < -0.3 is 15.7 Å². The van der Waals surface area contributed by atoms with Crippen molar-refractivity contribution in [3.8, 4) is 22.9 Å². The molecule has 5 nitrogen and oxygen atoms in total. The van der Waals surface area contributed by atoms with Crippen LogP contribution in [0.2, 0.25) is 0 Å². The predicted molar refractivity (Wildman–Crippen MR) is 91.3 cm³/mol. The molecule has 0 aromatic heterocycles. The Balaban J connectivity index is 2.04. The second-order valence-corrected chi connectivity index (χ2v) is 5.47. The molecule has 0 radical (unpaired) electrons. The topological polar surface area (TPSA) is 85.2 Å². The fourth-order valence-corrected chi connectivity index (χ4v) is 2.57. The Kier molecular flexibility index (Phi) is 4.67. The average Bonchev–Trinajstić information content (AvgIpc) is 2.64. The fourth-order valence-electron chi connectivity index (χ4n) is 2.57. The van der Waals surface area contributed by atoms with E-state index in [0.717, 1.165) is 12.1 Å². The Morgan fingerprint density at radius 1 is 1.12 bits per heavy atom. The molecule has 1 amide bonds. The van der Waals surface area contributed by atoms with Crippen LogP contribution in [0.25, 0.3) is 17.2 Å². The van der Waals surface area contributed by atoms with Crippen LogP contribution in [0, 0.1) is 23.0 Å². The first-order chi connectivity index (χ1) is 12.5. The summed E-state index contributed by atoms with van der Waals surface area (Å²) in [5.74, 6) is -3.61. The van der Waals surface area contributed by atoms with E-state index in [4.69, 9.17) is 5.26 Å². The number of aromatic hydroxyl groups is 1. The smallest absolute Gasteiger partial charge is 0.265 e. The summed E-state index contributed by atoms with van der Waals surface area (Å²) in [5, 5.41) is 23.7. The number of rotatable bonds is 3. The standard InChI is InChI=1S/C19H13F2N3O2/c20-15-7-12(8-16(21)18(15)25)13-4-2-1-3-11(13)5-6-17-14(9-22)19(26)24-10-23-17/h1-8,23,25H,10H2,(H,24,26)/b6-5+. The molecule has 1 aliphatic rings. The van der Waals surface area contributed by atoms with Crippen molar-refractivity contribution >= 4 is 12.0 Å². The quantitative estimate of drug-likeness (QED) is 0.792. The highest BCUT2D eigenvalue weighted by atomic mass is 19.1. The number of hydrogen-bond acceptors (Lipinski definition) is 4. The number of allylic oxidation sites excluding steroid dienone is 1. The van der Waals surface area contributed by atoms with Gasteiger partial charge in [0, 0.05) is 0 Å². The van der Waals surface area contributed by atoms with E-state index in [1.165, 1.54) is 0 Å². The molecule has 0 unspecified atom stereocenters. The molecule has 2 aromatic carbocycles. The molecule has 7 heteroatoms. The molecular weight excluding hydrogens is 340 g/mol. The van der Waals surface area contributed by atoms with Gasteiger partial charge in [0.2, 0.25) is 0 Å². The zero-order chi connectivity index (χ0) is 18.7. The molecule has 130 valence electrons. The van der Waals surface area contributed by atoms with Gasteiger partial charge >= 0.3 is 0 Å². The lowest BCUT2D eigenvalue weighted by molar-refractivity contribution is -0.117. The summed E-state index contributed by atoms with van der Waals surface area (Å²) in [6.07, 6.45) is 3.19. The van der Waals surface area contributed by atoms with E-state index in [1.807, 2.05) is 6.07 Å². The number of phenolic OH excluding ortho intramolecular Hbond substituents is 1. The normalized spacial score (nSPS) is 14.1. The lowest BCUT2D eigenvalue weighted by Gasteiger charge is -2.16. The van der Waals surface area contributed by atoms with Gasteiger partial charge in [-0.2, -0.15) is 5.26 Å². The van der Waals surface area contributed by atoms with Crippen LogP contribution in [0.4, 0.5) is 8.78 Å². The maximum atomic E-state index is 13.7. The molecule has 3 N–H and O–H groups in total. The molecule has 0 saturated heterocycles. The molecule has 0 atom stereocenters. The highest BCUT2D eigenvalue weighted by Gasteiger charge is 2.18. The largest absolute Gasteiger partial charge is 0.503 e. The van der Waals surface area contributed by atoms with Crippen molar-refractivity contribution in [1.29, 1.82) is 5.26 Å². The van der Waals surface area contributed by atoms with Gasteiger partial charge in [-0.1, -0.05) is 30.3 Å². The summed E-state index contributed by atoms with van der Waals surface area (Å²) < 4.78 is 27.3. The van der Waals surface area contributed by atoms with Crippen LogP contribution in [0.5, 0.6) is 5.75 Å². The molecule has 0 aliphatic carbocycles. The van der Waals surface area contributed by atoms with E-state index in [9.17, 15) is 18.7 Å². The van der Waals surface area contributed by atoms with Crippen molar-refractivity contribution in [3.05, 3.63) is 70.9 Å². The molecule has 0 bridgehead atoms. The van der Waals surface area contributed by atoms with Gasteiger partial charge in [0.05, 0.1) is 12.4 Å². The summed E-state index contributed by atoms with van der Waals surface area (Å²) in [6.45, 7) is 0.194. The van der Waals surface area contributed by atoms with Gasteiger partial charge in [0.15, 0.2) is 17.4 Å². The number of carbonyl (C=O) groups is 1. The molecule has 1 aliphatic heterocycles. The van der Waals surface area contributed by atoms with E-state index >= 15 is 0 Å². The number of halogens is 2. The van der Waals surface area contributed by atoms with E-state index in [0.29, 0.717) is 16.8 Å². The summed E-state index contributed by atoms with van der Waals surface area (Å²) >= 11 is 0. The fraction of sp³-hybridized carbons (Fsp3) is 0.0526. The Morgan fingerprint density at radius 2 is 1.81 bits per heavy atom. The first kappa shape index (κ1) is 17.2. The third-order valence-corrected chi connectivity index (χ3v) is 3.85. The van der Waals surface area contributed by atoms with Crippen LogP contribution >= 0.6 is 0 Å². The molecule has 0 spiro atoms. The maximum Gasteiger partial charge on any atom is 0.265 e. The number of nitrogens with one attached hydrogen (secondary N) is 2. The number of nitrogens with zero attached hydrogens (tertiary/aromatic N) is 1. The number of nitriles is 1. The Labute approximate surface area is 147 Å². The Hall–Kier alpha value is -3.66. The predicted octanol–water partition coefficient (Wildman–Crippen LogP) is 2.81. The third-order valence-electron chi connectivity index (χ3n) is 3.85. The molecule has 0 saturated carbocycles. The van der Waals surface area contributed by atoms with Crippen molar-refractivity contribution < 1.29 is 18.7 Å². The van der Waals surface area contributed by atoms with E-state index in [2.05, 4.69) is 10.6 Å². The second kappa shape index (κ2) is 7.07. The Bertz CT molecular complexity index is 968. The molecule has 2 aromatic rings. The molecule has 0 fully saturated rings. The van der Waals surface area contributed by atoms with Gasteiger partial charge in [0.25, 0.3) is 5.91 Å². The van der Waals surface area contributed by atoms with Gasteiger partial charge in [0.1, 0.15) is 11.6 Å². The number of amides is 1. The van der Waals surface area contributed by atoms with Crippen molar-refractivity contribution in [2.45, 2.75) is 0 Å². The second-order valence-electron chi connectivity index (χ2n) is 5.47. The summed E-state index contributed by atoms with van der Waals surface area (Å²) in [7, 11) is 0. The SMILES string of the molecule is N#CC1=C(/C=C/c2ccccc2-c2cc(F)c(O)c(F)c2)NCNC1=O. The van der Waals surface area contributed by atoms with Crippen LogP contribution < -0.4 is 10.6 Å². The highest BCUT2D eigenvalue weighted by Crippen LogP contribution is 2.30. The van der Waals surface area contributed by atoms with Crippen molar-refractivity contribution in [1.82, 2.24) is 10.6 Å². The number of benzene rings is 2. The first-order valence-corrected chi connectivity index (χ1v) is 7.63. The van der Waals surface area contributed by atoms with Gasteiger partial charge in [-0.3, -0.25) is 4.79 Å². The van der Waals surface area contributed by atoms with Gasteiger partial charge in [-0.15, -0.1) is 0 Å². The van der Waals surface area contributed by atoms with E-state index < -0.39 is 23.3 Å². The summed E-state index contributed by atoms with van der Waals surface area (Å²) in [4.78, 5) is 11.7. The van der Waals surface area contributed by atoms with Crippen LogP contribution in [-0.2, 0) is 4.79 Å². The van der Waals surface area contributed by atoms with E-state index in [-0.39, 0.29) is 17.8 Å². The minimum Gasteiger partial charge on any atom is -0.503 e. The minimum absolute atomic E-state index is 0.0493. The minimum atomic E-state index is -1.06. The van der Waals surface area contributed by atoms with Crippen LogP contribution in [0.1, 0.15) is 5.56 Å². The average molecular weight is 353 g/mol. The Morgan fingerprint density at radius 3 is 2.50 bits per heavy atom. The number of carbonyl (C=O) groups excluding carboxylic acids is 1. The van der Waals surface area contributed by atoms with Crippen molar-refractivity contribution in [2.75, 3.05) is 6.67 Å². The maximum absolute atomic E-state index is 13.7. The summed E-state index contributed by atoms with van der Waals surface area (Å²) in [5.41, 5.74) is 1.71. The lowest BCUT2D eigenvalue weighted by atomic mass is 9.98. The number of hydrogen-bond donors (Lipinski definition) is 3. The van der Waals surface area contributed by atoms with Gasteiger partial charge in [-0.25, -0.2) is 8.78 Å². The van der Waals surface area contributed by atoms with Crippen molar-refractivity contribution in [3.63, 3.8) is 0 Å². The first-order valence-electron chi connectivity index (χ1n) is 7.63. The number of phenols is 1. The zero-order valence-electron chi connectivity index (χ0n) is 13.4. The van der Waals surface area contributed by atoms with Crippen LogP contribution in [0.3, 0.4) is 0 Å². The third kappa shape index (κ3) is 3.26. The molecule has 1 heterocycles.